The number of nitrogens with zero attached hydrogens (tertiary/aromatic N) is 3. The van der Waals surface area contributed by atoms with Crippen molar-refractivity contribution < 1.29 is 8.42 Å². The predicted molar refractivity (Wildman–Crippen MR) is 117 cm³/mol. The Kier molecular flexibility index (Phi) is 6.74. The topological polar surface area (TPSA) is 87.2 Å². The zero-order valence-corrected chi connectivity index (χ0v) is 18.6. The summed E-state index contributed by atoms with van der Waals surface area (Å²) in [4.78, 5) is 11.6. The molecule has 0 radical (unpaired) electrons. The second kappa shape index (κ2) is 9.09. The molecule has 1 aliphatic heterocycles. The van der Waals surface area contributed by atoms with Crippen LogP contribution in [0.25, 0.3) is 0 Å². The molecular formula is C21H31N5O2S. The van der Waals surface area contributed by atoms with Crippen LogP contribution in [0.3, 0.4) is 0 Å². The lowest BCUT2D eigenvalue weighted by Crippen LogP contribution is -2.31. The maximum Gasteiger partial charge on any atom is 0.240 e. The Balaban J connectivity index is 1.60. The maximum absolute atomic E-state index is 12.7. The third kappa shape index (κ3) is 5.45. The van der Waals surface area contributed by atoms with Gasteiger partial charge in [-0.2, -0.15) is 0 Å². The number of hydrogen-bond acceptors (Lipinski definition) is 6. The Hall–Kier alpha value is -2.19. The van der Waals surface area contributed by atoms with Crippen molar-refractivity contribution in [3.63, 3.8) is 0 Å². The second-order valence-corrected chi connectivity index (χ2v) is 9.47. The zero-order chi connectivity index (χ0) is 21.0. The van der Waals surface area contributed by atoms with E-state index >= 15 is 0 Å². The van der Waals surface area contributed by atoms with Gasteiger partial charge >= 0.3 is 0 Å². The first-order chi connectivity index (χ1) is 13.8. The van der Waals surface area contributed by atoms with E-state index in [0.29, 0.717) is 17.3 Å². The molecule has 3 rings (SSSR count). The fraction of sp³-hybridized carbons (Fsp3) is 0.524. The van der Waals surface area contributed by atoms with Crippen molar-refractivity contribution in [3.05, 3.63) is 40.7 Å². The van der Waals surface area contributed by atoms with Gasteiger partial charge in [-0.25, -0.2) is 23.1 Å². The van der Waals surface area contributed by atoms with Gasteiger partial charge < -0.3 is 10.2 Å². The van der Waals surface area contributed by atoms with Gasteiger partial charge in [-0.05, 0) is 69.7 Å². The number of hydrogen-bond donors (Lipinski definition) is 2. The van der Waals surface area contributed by atoms with Crippen molar-refractivity contribution in [3.8, 4) is 0 Å². The summed E-state index contributed by atoms with van der Waals surface area (Å²) in [6.45, 7) is 10.4. The summed E-state index contributed by atoms with van der Waals surface area (Å²) >= 11 is 0. The lowest BCUT2D eigenvalue weighted by molar-refractivity contribution is 0.572. The monoisotopic (exact) mass is 417 g/mol. The molecular weight excluding hydrogens is 386 g/mol. The number of anilines is 2. The van der Waals surface area contributed by atoms with E-state index in [1.54, 1.807) is 6.07 Å². The van der Waals surface area contributed by atoms with Crippen LogP contribution in [-0.2, 0) is 10.0 Å². The van der Waals surface area contributed by atoms with E-state index in [2.05, 4.69) is 24.9 Å². The number of piperidine rings is 1. The molecule has 158 valence electrons. The molecule has 1 aromatic heterocycles. The minimum atomic E-state index is -3.55. The van der Waals surface area contributed by atoms with E-state index in [1.807, 2.05) is 39.8 Å². The Morgan fingerprint density at radius 2 is 1.59 bits per heavy atom. The first kappa shape index (κ1) is 21.5. The molecule has 0 unspecified atom stereocenters. The minimum Gasteiger partial charge on any atom is -0.369 e. The van der Waals surface area contributed by atoms with Gasteiger partial charge in [0.05, 0.1) is 4.90 Å². The molecule has 0 spiro atoms. The van der Waals surface area contributed by atoms with E-state index in [9.17, 15) is 8.42 Å². The van der Waals surface area contributed by atoms with Crippen LogP contribution in [0.5, 0.6) is 0 Å². The van der Waals surface area contributed by atoms with Crippen LogP contribution < -0.4 is 14.9 Å². The highest BCUT2D eigenvalue weighted by Crippen LogP contribution is 2.21. The van der Waals surface area contributed by atoms with Gasteiger partial charge in [-0.1, -0.05) is 6.07 Å². The molecule has 1 aromatic carbocycles. The summed E-state index contributed by atoms with van der Waals surface area (Å²) in [5.74, 6) is 2.37. The Bertz CT molecular complexity index is 969. The number of aromatic nitrogens is 2. The molecule has 0 atom stereocenters. The highest BCUT2D eigenvalue weighted by molar-refractivity contribution is 7.89. The molecule has 1 saturated heterocycles. The summed E-state index contributed by atoms with van der Waals surface area (Å²) in [6.07, 6.45) is 3.64. The predicted octanol–water partition coefficient (Wildman–Crippen LogP) is 3.09. The molecule has 0 aliphatic carbocycles. The number of nitrogens with one attached hydrogen (secondary N) is 2. The standard InChI is InChI=1S/C21H31N5O2S/c1-15-12-17(3)19(13-16(15)2)29(27,28)23-9-8-22-20-14-21(25-18(4)24-20)26-10-6-5-7-11-26/h12-14,23H,5-11H2,1-4H3,(H,22,24,25). The first-order valence-corrected chi connectivity index (χ1v) is 11.7. The number of sulfonamides is 1. The number of rotatable bonds is 7. The Morgan fingerprint density at radius 3 is 2.31 bits per heavy atom. The van der Waals surface area contributed by atoms with E-state index in [1.165, 1.54) is 19.3 Å². The van der Waals surface area contributed by atoms with Crippen molar-refractivity contribution in [1.82, 2.24) is 14.7 Å². The lowest BCUT2D eigenvalue weighted by atomic mass is 10.1. The summed E-state index contributed by atoms with van der Waals surface area (Å²) in [6, 6.07) is 5.59. The molecule has 0 amide bonds. The van der Waals surface area contributed by atoms with Crippen LogP contribution in [0, 0.1) is 27.7 Å². The second-order valence-electron chi connectivity index (χ2n) is 7.73. The van der Waals surface area contributed by atoms with Crippen molar-refractivity contribution in [2.75, 3.05) is 36.4 Å². The van der Waals surface area contributed by atoms with Crippen molar-refractivity contribution in [2.24, 2.45) is 0 Å². The molecule has 0 bridgehead atoms. The van der Waals surface area contributed by atoms with Crippen molar-refractivity contribution in [2.45, 2.75) is 51.9 Å². The molecule has 1 fully saturated rings. The molecule has 8 heteroatoms. The molecule has 0 saturated carbocycles. The third-order valence-electron chi connectivity index (χ3n) is 5.31. The molecule has 2 N–H and O–H groups in total. The number of aryl methyl sites for hydroxylation is 4. The first-order valence-electron chi connectivity index (χ1n) is 10.2. The summed E-state index contributed by atoms with van der Waals surface area (Å²) in [5.41, 5.74) is 2.81. The molecule has 29 heavy (non-hydrogen) atoms. The molecule has 1 aliphatic rings. The molecule has 7 nitrogen and oxygen atoms in total. The van der Waals surface area contributed by atoms with Gasteiger partial charge in [0.2, 0.25) is 10.0 Å². The van der Waals surface area contributed by atoms with Gasteiger partial charge in [0.1, 0.15) is 17.5 Å². The Labute approximate surface area is 174 Å². The van der Waals surface area contributed by atoms with Gasteiger partial charge in [0, 0.05) is 32.2 Å². The van der Waals surface area contributed by atoms with Crippen molar-refractivity contribution in [1.29, 1.82) is 0 Å². The minimum absolute atomic E-state index is 0.275. The fourth-order valence-corrected chi connectivity index (χ4v) is 4.95. The third-order valence-corrected chi connectivity index (χ3v) is 6.91. The van der Waals surface area contributed by atoms with Crippen LogP contribution in [0.2, 0.25) is 0 Å². The van der Waals surface area contributed by atoms with Crippen LogP contribution in [0.1, 0.15) is 41.8 Å². The fourth-order valence-electron chi connectivity index (χ4n) is 3.60. The van der Waals surface area contributed by atoms with Gasteiger partial charge in [-0.3, -0.25) is 0 Å². The maximum atomic E-state index is 12.7. The van der Waals surface area contributed by atoms with Gasteiger partial charge in [-0.15, -0.1) is 0 Å². The Morgan fingerprint density at radius 1 is 0.897 bits per heavy atom. The molecule has 2 aromatic rings. The quantitative estimate of drug-likeness (QED) is 0.673. The summed E-state index contributed by atoms with van der Waals surface area (Å²) in [7, 11) is -3.55. The average molecular weight is 418 g/mol. The van der Waals surface area contributed by atoms with E-state index in [0.717, 1.165) is 41.4 Å². The van der Waals surface area contributed by atoms with E-state index < -0.39 is 10.0 Å². The van der Waals surface area contributed by atoms with Gasteiger partial charge in [0.25, 0.3) is 0 Å². The average Bonchev–Trinajstić information content (AvgIpc) is 2.68. The molecule has 2 heterocycles. The smallest absolute Gasteiger partial charge is 0.240 e. The SMILES string of the molecule is Cc1nc(NCCNS(=O)(=O)c2cc(C)c(C)cc2C)cc(N2CCCCC2)n1. The normalized spacial score (nSPS) is 14.8. The summed E-state index contributed by atoms with van der Waals surface area (Å²) < 4.78 is 28.0. The van der Waals surface area contributed by atoms with Crippen LogP contribution in [0.15, 0.2) is 23.1 Å². The van der Waals surface area contributed by atoms with Crippen LogP contribution in [-0.4, -0.2) is 44.6 Å². The van der Waals surface area contributed by atoms with E-state index in [-0.39, 0.29) is 6.54 Å². The van der Waals surface area contributed by atoms with Crippen LogP contribution >= 0.6 is 0 Å². The largest absolute Gasteiger partial charge is 0.369 e. The zero-order valence-electron chi connectivity index (χ0n) is 17.7. The van der Waals surface area contributed by atoms with E-state index in [4.69, 9.17) is 0 Å². The van der Waals surface area contributed by atoms with Crippen molar-refractivity contribution >= 4 is 21.7 Å². The highest BCUT2D eigenvalue weighted by Gasteiger charge is 2.17. The summed E-state index contributed by atoms with van der Waals surface area (Å²) in [5, 5.41) is 3.22. The highest BCUT2D eigenvalue weighted by atomic mass is 32.2. The number of benzene rings is 1. The lowest BCUT2D eigenvalue weighted by Gasteiger charge is -2.28. The van der Waals surface area contributed by atoms with Crippen LogP contribution in [0.4, 0.5) is 11.6 Å². The van der Waals surface area contributed by atoms with Gasteiger partial charge in [0.15, 0.2) is 0 Å².